The van der Waals surface area contributed by atoms with Gasteiger partial charge in [0.05, 0.1) is 0 Å². The molecule has 0 fully saturated rings. The van der Waals surface area contributed by atoms with Crippen LogP contribution in [-0.2, 0) is 10.8 Å². The second kappa shape index (κ2) is 10.6. The fraction of sp³-hybridized carbons (Fsp3) is 0.167. The fourth-order valence-corrected chi connectivity index (χ4v) is 4.95. The Morgan fingerprint density at radius 2 is 0.553 bits per heavy atom. The molecule has 0 bridgehead atoms. The van der Waals surface area contributed by atoms with Crippen molar-refractivity contribution in [3.63, 3.8) is 0 Å². The number of hydrogen-bond acceptors (Lipinski definition) is 2. The minimum absolute atomic E-state index is 0.0985. The summed E-state index contributed by atoms with van der Waals surface area (Å²) < 4.78 is 0. The van der Waals surface area contributed by atoms with Crippen molar-refractivity contribution in [1.82, 2.24) is 0 Å². The van der Waals surface area contributed by atoms with E-state index in [0.717, 1.165) is 22.7 Å². The summed E-state index contributed by atoms with van der Waals surface area (Å²) in [4.78, 5) is 0. The normalized spacial score (nSPS) is 11.7. The van der Waals surface area contributed by atoms with Gasteiger partial charge >= 0.3 is 0 Å². The Morgan fingerprint density at radius 3 is 0.842 bits per heavy atom. The molecule has 0 unspecified atom stereocenters. The van der Waals surface area contributed by atoms with Crippen molar-refractivity contribution in [3.8, 4) is 0 Å². The summed E-state index contributed by atoms with van der Waals surface area (Å²) in [6.07, 6.45) is 0. The van der Waals surface area contributed by atoms with E-state index in [0.29, 0.717) is 0 Å². The van der Waals surface area contributed by atoms with Crippen LogP contribution < -0.4 is 10.6 Å². The van der Waals surface area contributed by atoms with Crippen LogP contribution >= 0.6 is 0 Å². The van der Waals surface area contributed by atoms with Crippen LogP contribution in [0.25, 0.3) is 0 Å². The van der Waals surface area contributed by atoms with Gasteiger partial charge in [0.1, 0.15) is 0 Å². The van der Waals surface area contributed by atoms with Gasteiger partial charge in [-0.05, 0) is 70.8 Å². The van der Waals surface area contributed by atoms with Crippen molar-refractivity contribution in [3.05, 3.63) is 156 Å². The maximum atomic E-state index is 3.47. The molecular weight excluding hydrogens is 460 g/mol. The maximum Gasteiger partial charge on any atom is 0.0384 e. The van der Waals surface area contributed by atoms with E-state index in [4.69, 9.17) is 0 Å². The van der Waals surface area contributed by atoms with Gasteiger partial charge in [0.2, 0.25) is 0 Å². The highest BCUT2D eigenvalue weighted by molar-refractivity contribution is 5.61. The van der Waals surface area contributed by atoms with Crippen LogP contribution in [0.4, 0.5) is 22.7 Å². The molecule has 0 saturated carbocycles. The van der Waals surface area contributed by atoms with E-state index >= 15 is 0 Å². The topological polar surface area (TPSA) is 24.1 Å². The summed E-state index contributed by atoms with van der Waals surface area (Å²) in [5.41, 5.74) is 9.40. The Labute approximate surface area is 227 Å². The van der Waals surface area contributed by atoms with Crippen molar-refractivity contribution in [2.75, 3.05) is 10.6 Å². The molecule has 0 saturated heterocycles. The van der Waals surface area contributed by atoms with E-state index in [1.807, 2.05) is 36.4 Å². The van der Waals surface area contributed by atoms with Crippen molar-refractivity contribution in [2.24, 2.45) is 0 Å². The summed E-state index contributed by atoms with van der Waals surface area (Å²) >= 11 is 0. The molecule has 2 N–H and O–H groups in total. The fourth-order valence-electron chi connectivity index (χ4n) is 4.95. The molecule has 0 aromatic heterocycles. The van der Waals surface area contributed by atoms with E-state index < -0.39 is 0 Å². The minimum Gasteiger partial charge on any atom is -0.356 e. The molecule has 0 atom stereocenters. The Bertz CT molecular complexity index is 1330. The molecule has 0 aliphatic carbocycles. The monoisotopic (exact) mass is 496 g/mol. The third-order valence-electron chi connectivity index (χ3n) is 7.67. The van der Waals surface area contributed by atoms with Gasteiger partial charge in [0, 0.05) is 33.6 Å². The van der Waals surface area contributed by atoms with Gasteiger partial charge < -0.3 is 10.6 Å². The van der Waals surface area contributed by atoms with Gasteiger partial charge in [-0.2, -0.15) is 0 Å². The molecule has 2 heteroatoms. The first-order valence-electron chi connectivity index (χ1n) is 13.3. The predicted octanol–water partition coefficient (Wildman–Crippen LogP) is 9.83. The molecule has 0 radical (unpaired) electrons. The lowest BCUT2D eigenvalue weighted by atomic mass is 9.74. The number of anilines is 4. The highest BCUT2D eigenvalue weighted by atomic mass is 14.9. The molecule has 5 aromatic rings. The first-order chi connectivity index (χ1) is 18.3. The summed E-state index contributed by atoms with van der Waals surface area (Å²) in [6, 6.07) is 47.3. The zero-order chi connectivity index (χ0) is 26.6. The van der Waals surface area contributed by atoms with E-state index in [-0.39, 0.29) is 10.8 Å². The predicted molar refractivity (Wildman–Crippen MR) is 163 cm³/mol. The SMILES string of the molecule is CC(C)(c1ccc(Nc2ccccc2)cc1)c1ccc(C(C)(C)c2ccc(Nc3ccccc3)cc2)cc1. The number of hydrogen-bond donors (Lipinski definition) is 2. The van der Waals surface area contributed by atoms with Crippen LogP contribution in [0.3, 0.4) is 0 Å². The molecule has 0 heterocycles. The molecule has 190 valence electrons. The Morgan fingerprint density at radius 1 is 0.316 bits per heavy atom. The lowest BCUT2D eigenvalue weighted by Gasteiger charge is -2.30. The van der Waals surface area contributed by atoms with E-state index in [1.54, 1.807) is 0 Å². The average Bonchev–Trinajstić information content (AvgIpc) is 2.95. The zero-order valence-corrected chi connectivity index (χ0v) is 22.7. The quantitative estimate of drug-likeness (QED) is 0.223. The first-order valence-corrected chi connectivity index (χ1v) is 13.3. The molecule has 0 aliphatic rings. The first kappa shape index (κ1) is 25.4. The summed E-state index contributed by atoms with van der Waals surface area (Å²) in [5, 5.41) is 6.95. The zero-order valence-electron chi connectivity index (χ0n) is 22.7. The Kier molecular flexibility index (Phi) is 7.07. The minimum atomic E-state index is -0.0985. The Hall–Kier alpha value is -4.30. The molecule has 2 nitrogen and oxygen atoms in total. The van der Waals surface area contributed by atoms with Crippen molar-refractivity contribution in [2.45, 2.75) is 38.5 Å². The number of para-hydroxylation sites is 2. The maximum absolute atomic E-state index is 3.47. The number of rotatable bonds is 8. The number of nitrogens with one attached hydrogen (secondary N) is 2. The van der Waals surface area contributed by atoms with Crippen LogP contribution in [0.1, 0.15) is 49.9 Å². The third kappa shape index (κ3) is 5.50. The molecule has 5 aromatic carbocycles. The van der Waals surface area contributed by atoms with Crippen LogP contribution in [0, 0.1) is 0 Å². The van der Waals surface area contributed by atoms with Crippen molar-refractivity contribution < 1.29 is 0 Å². The molecule has 38 heavy (non-hydrogen) atoms. The van der Waals surface area contributed by atoms with Crippen LogP contribution in [-0.4, -0.2) is 0 Å². The lowest BCUT2D eigenvalue weighted by Crippen LogP contribution is -2.21. The molecular formula is C36H36N2. The molecule has 0 spiro atoms. The number of benzene rings is 5. The van der Waals surface area contributed by atoms with Gasteiger partial charge in [-0.3, -0.25) is 0 Å². The molecule has 5 rings (SSSR count). The molecule has 0 aliphatic heterocycles. The Balaban J connectivity index is 1.30. The second-order valence-corrected chi connectivity index (χ2v) is 11.0. The van der Waals surface area contributed by atoms with E-state index in [1.165, 1.54) is 22.3 Å². The summed E-state index contributed by atoms with van der Waals surface area (Å²) in [7, 11) is 0. The van der Waals surface area contributed by atoms with Gasteiger partial charge in [-0.15, -0.1) is 0 Å². The van der Waals surface area contributed by atoms with Gasteiger partial charge in [0.15, 0.2) is 0 Å². The van der Waals surface area contributed by atoms with Gasteiger partial charge in [0.25, 0.3) is 0 Å². The molecule has 0 amide bonds. The van der Waals surface area contributed by atoms with Gasteiger partial charge in [-0.25, -0.2) is 0 Å². The third-order valence-corrected chi connectivity index (χ3v) is 7.67. The highest BCUT2D eigenvalue weighted by Crippen LogP contribution is 2.36. The van der Waals surface area contributed by atoms with Crippen LogP contribution in [0.2, 0.25) is 0 Å². The lowest BCUT2D eigenvalue weighted by molar-refractivity contribution is 0.626. The second-order valence-electron chi connectivity index (χ2n) is 11.0. The van der Waals surface area contributed by atoms with Crippen LogP contribution in [0.15, 0.2) is 133 Å². The van der Waals surface area contributed by atoms with Crippen LogP contribution in [0.5, 0.6) is 0 Å². The highest BCUT2D eigenvalue weighted by Gasteiger charge is 2.26. The van der Waals surface area contributed by atoms with Gasteiger partial charge in [-0.1, -0.05) is 113 Å². The van der Waals surface area contributed by atoms with Crippen molar-refractivity contribution >= 4 is 22.7 Å². The smallest absolute Gasteiger partial charge is 0.0384 e. The van der Waals surface area contributed by atoms with Crippen molar-refractivity contribution in [1.29, 1.82) is 0 Å². The van der Waals surface area contributed by atoms with E-state index in [9.17, 15) is 0 Å². The summed E-state index contributed by atoms with van der Waals surface area (Å²) in [6.45, 7) is 9.19. The largest absolute Gasteiger partial charge is 0.356 e. The van der Waals surface area contributed by atoms with E-state index in [2.05, 4.69) is 135 Å². The summed E-state index contributed by atoms with van der Waals surface area (Å²) in [5.74, 6) is 0. The standard InChI is InChI=1S/C36H36N2/c1-35(2,29-19-23-33(24-20-29)37-31-11-7-5-8-12-31)27-15-17-28(18-16-27)36(3,4)30-21-25-34(26-22-30)38-32-13-9-6-10-14-32/h5-26,37-38H,1-4H3. The average molecular weight is 497 g/mol.